The first kappa shape index (κ1) is 12.9. The van der Waals surface area contributed by atoms with Crippen LogP contribution in [0.5, 0.6) is 0 Å². The summed E-state index contributed by atoms with van der Waals surface area (Å²) < 4.78 is 0. The van der Waals surface area contributed by atoms with Crippen LogP contribution in [-0.2, 0) is 4.79 Å². The minimum Gasteiger partial charge on any atom is -0.478 e. The van der Waals surface area contributed by atoms with Gasteiger partial charge < -0.3 is 5.11 Å². The van der Waals surface area contributed by atoms with E-state index in [4.69, 9.17) is 5.11 Å². The molecule has 80 valence electrons. The third-order valence-corrected chi connectivity index (χ3v) is 2.26. The second kappa shape index (κ2) is 7.36. The van der Waals surface area contributed by atoms with Gasteiger partial charge in [0.05, 0.1) is 0 Å². The average Bonchev–Trinajstić information content (AvgIpc) is 2.12. The summed E-state index contributed by atoms with van der Waals surface area (Å²) in [6, 6.07) is 0. The molecule has 0 aromatic heterocycles. The van der Waals surface area contributed by atoms with Gasteiger partial charge in [0.25, 0.3) is 0 Å². The molecule has 0 aromatic rings. The molecule has 2 atom stereocenters. The summed E-state index contributed by atoms with van der Waals surface area (Å²) in [4.78, 5) is 10.1. The van der Waals surface area contributed by atoms with E-state index in [9.17, 15) is 4.79 Å². The van der Waals surface area contributed by atoms with E-state index in [1.54, 1.807) is 12.2 Å². The molecular formula is C12H20O2. The standard InChI is InChI=1S/C12H20O2/c1-4-10(2)9-11(3)7-5-6-8-12(13)14/h5-8,10-11H,4,9H2,1-3H3,(H,13,14)/b7-5+,8-6+. The molecule has 0 saturated carbocycles. The van der Waals surface area contributed by atoms with Crippen molar-refractivity contribution < 1.29 is 9.90 Å². The van der Waals surface area contributed by atoms with Crippen molar-refractivity contribution in [1.82, 2.24) is 0 Å². The molecule has 14 heavy (non-hydrogen) atoms. The highest BCUT2D eigenvalue weighted by Gasteiger charge is 2.02. The Morgan fingerprint density at radius 3 is 2.50 bits per heavy atom. The molecular weight excluding hydrogens is 176 g/mol. The number of rotatable bonds is 6. The summed E-state index contributed by atoms with van der Waals surface area (Å²) in [5, 5.41) is 8.34. The van der Waals surface area contributed by atoms with Crippen LogP contribution in [0.4, 0.5) is 0 Å². The first-order chi connectivity index (χ1) is 6.56. The van der Waals surface area contributed by atoms with E-state index in [2.05, 4.69) is 20.8 Å². The lowest BCUT2D eigenvalue weighted by atomic mass is 9.95. The monoisotopic (exact) mass is 196 g/mol. The molecule has 1 N–H and O–H groups in total. The van der Waals surface area contributed by atoms with Crippen molar-refractivity contribution in [2.24, 2.45) is 11.8 Å². The summed E-state index contributed by atoms with van der Waals surface area (Å²) >= 11 is 0. The maximum absolute atomic E-state index is 10.1. The lowest BCUT2D eigenvalue weighted by Crippen LogP contribution is -1.98. The molecule has 0 amide bonds. The third-order valence-electron chi connectivity index (χ3n) is 2.26. The van der Waals surface area contributed by atoms with Gasteiger partial charge in [-0.1, -0.05) is 45.4 Å². The van der Waals surface area contributed by atoms with Crippen molar-refractivity contribution in [2.45, 2.75) is 33.6 Å². The molecule has 0 aromatic carbocycles. The summed E-state index contributed by atoms with van der Waals surface area (Å²) in [6.07, 6.45) is 8.92. The van der Waals surface area contributed by atoms with Gasteiger partial charge in [-0.15, -0.1) is 0 Å². The normalized spacial score (nSPS) is 16.2. The van der Waals surface area contributed by atoms with E-state index in [0.29, 0.717) is 5.92 Å². The number of carboxylic acids is 1. The largest absolute Gasteiger partial charge is 0.478 e. The van der Waals surface area contributed by atoms with Crippen molar-refractivity contribution in [3.05, 3.63) is 24.3 Å². The second-order valence-electron chi connectivity index (χ2n) is 3.81. The van der Waals surface area contributed by atoms with E-state index >= 15 is 0 Å². The lowest BCUT2D eigenvalue weighted by Gasteiger charge is -2.11. The molecule has 0 fully saturated rings. The lowest BCUT2D eigenvalue weighted by molar-refractivity contribution is -0.131. The van der Waals surface area contributed by atoms with Crippen LogP contribution in [0.2, 0.25) is 0 Å². The number of hydrogen-bond donors (Lipinski definition) is 1. The zero-order chi connectivity index (χ0) is 11.0. The van der Waals surface area contributed by atoms with E-state index in [1.807, 2.05) is 6.08 Å². The third kappa shape index (κ3) is 7.59. The molecule has 0 bridgehead atoms. The zero-order valence-corrected chi connectivity index (χ0v) is 9.23. The van der Waals surface area contributed by atoms with Gasteiger partial charge >= 0.3 is 5.97 Å². The molecule has 0 aliphatic rings. The number of carbonyl (C=O) groups is 1. The van der Waals surface area contributed by atoms with Crippen molar-refractivity contribution in [3.8, 4) is 0 Å². The van der Waals surface area contributed by atoms with E-state index in [0.717, 1.165) is 18.4 Å². The Morgan fingerprint density at radius 2 is 2.00 bits per heavy atom. The molecule has 2 nitrogen and oxygen atoms in total. The Kier molecular flexibility index (Phi) is 6.81. The second-order valence-corrected chi connectivity index (χ2v) is 3.81. The first-order valence-corrected chi connectivity index (χ1v) is 5.14. The van der Waals surface area contributed by atoms with Gasteiger partial charge in [0, 0.05) is 6.08 Å². The van der Waals surface area contributed by atoms with Crippen LogP contribution in [0.15, 0.2) is 24.3 Å². The van der Waals surface area contributed by atoms with Crippen molar-refractivity contribution >= 4 is 5.97 Å². The minimum atomic E-state index is -0.899. The maximum Gasteiger partial charge on any atom is 0.328 e. The van der Waals surface area contributed by atoms with Gasteiger partial charge in [0.1, 0.15) is 0 Å². The Morgan fingerprint density at radius 1 is 1.36 bits per heavy atom. The smallest absolute Gasteiger partial charge is 0.328 e. The molecule has 0 radical (unpaired) electrons. The highest BCUT2D eigenvalue weighted by atomic mass is 16.4. The van der Waals surface area contributed by atoms with E-state index < -0.39 is 5.97 Å². The zero-order valence-electron chi connectivity index (χ0n) is 9.23. The Labute approximate surface area is 86.3 Å². The number of aliphatic carboxylic acids is 1. The Hall–Kier alpha value is -1.05. The predicted molar refractivity (Wildman–Crippen MR) is 59.2 cm³/mol. The van der Waals surface area contributed by atoms with Gasteiger partial charge in [-0.05, 0) is 18.3 Å². The van der Waals surface area contributed by atoms with Crippen LogP contribution in [-0.4, -0.2) is 11.1 Å². The van der Waals surface area contributed by atoms with Gasteiger partial charge in [0.2, 0.25) is 0 Å². The quantitative estimate of drug-likeness (QED) is 0.523. The molecule has 0 spiro atoms. The predicted octanol–water partition coefficient (Wildman–Crippen LogP) is 3.26. The Bertz CT molecular complexity index is 216. The van der Waals surface area contributed by atoms with E-state index in [1.165, 1.54) is 6.42 Å². The fourth-order valence-corrected chi connectivity index (χ4v) is 1.27. The highest BCUT2D eigenvalue weighted by molar-refractivity contribution is 5.80. The summed E-state index contributed by atoms with van der Waals surface area (Å²) in [7, 11) is 0. The van der Waals surface area contributed by atoms with E-state index in [-0.39, 0.29) is 0 Å². The van der Waals surface area contributed by atoms with Gasteiger partial charge in [0.15, 0.2) is 0 Å². The van der Waals surface area contributed by atoms with Crippen molar-refractivity contribution in [3.63, 3.8) is 0 Å². The first-order valence-electron chi connectivity index (χ1n) is 5.14. The highest BCUT2D eigenvalue weighted by Crippen LogP contribution is 2.15. The van der Waals surface area contributed by atoms with Gasteiger partial charge in [-0.3, -0.25) is 0 Å². The van der Waals surface area contributed by atoms with Gasteiger partial charge in [-0.25, -0.2) is 4.79 Å². The number of carboxylic acid groups (broad SMARTS) is 1. The average molecular weight is 196 g/mol. The van der Waals surface area contributed by atoms with Crippen LogP contribution < -0.4 is 0 Å². The van der Waals surface area contributed by atoms with Crippen LogP contribution >= 0.6 is 0 Å². The SMILES string of the molecule is CCC(C)CC(C)/C=C/C=C/C(=O)O. The maximum atomic E-state index is 10.1. The number of hydrogen-bond acceptors (Lipinski definition) is 1. The molecule has 0 rings (SSSR count). The van der Waals surface area contributed by atoms with Crippen LogP contribution in [0.3, 0.4) is 0 Å². The molecule has 2 heteroatoms. The molecule has 0 saturated heterocycles. The fraction of sp³-hybridized carbons (Fsp3) is 0.583. The van der Waals surface area contributed by atoms with Gasteiger partial charge in [-0.2, -0.15) is 0 Å². The summed E-state index contributed by atoms with van der Waals surface area (Å²) in [5.74, 6) is 0.353. The summed E-state index contributed by atoms with van der Waals surface area (Å²) in [6.45, 7) is 6.57. The summed E-state index contributed by atoms with van der Waals surface area (Å²) in [5.41, 5.74) is 0. The fourth-order valence-electron chi connectivity index (χ4n) is 1.27. The molecule has 0 aliphatic heterocycles. The molecule has 0 heterocycles. The van der Waals surface area contributed by atoms with Crippen LogP contribution in [0, 0.1) is 11.8 Å². The van der Waals surface area contributed by atoms with Crippen LogP contribution in [0.25, 0.3) is 0 Å². The van der Waals surface area contributed by atoms with Crippen LogP contribution in [0.1, 0.15) is 33.6 Å². The molecule has 2 unspecified atom stereocenters. The minimum absolute atomic E-state index is 0.517. The molecule has 0 aliphatic carbocycles. The van der Waals surface area contributed by atoms with Crippen molar-refractivity contribution in [1.29, 1.82) is 0 Å². The van der Waals surface area contributed by atoms with Crippen molar-refractivity contribution in [2.75, 3.05) is 0 Å². The Balaban J connectivity index is 3.81. The topological polar surface area (TPSA) is 37.3 Å². The number of allylic oxidation sites excluding steroid dienone is 3.